The smallest absolute Gasteiger partial charge is 0.220 e. The molecule has 1 aliphatic heterocycles. The lowest BCUT2D eigenvalue weighted by Crippen LogP contribution is -2.45. The molecule has 1 N–H and O–H groups in total. The van der Waals surface area contributed by atoms with Gasteiger partial charge in [-0.25, -0.2) is 12.7 Å². The van der Waals surface area contributed by atoms with Gasteiger partial charge in [-0.3, -0.25) is 4.79 Å². The van der Waals surface area contributed by atoms with Gasteiger partial charge in [0.15, 0.2) is 0 Å². The fourth-order valence-corrected chi connectivity index (χ4v) is 6.51. The van der Waals surface area contributed by atoms with Crippen LogP contribution < -0.4 is 5.32 Å². The number of nitrogens with zero attached hydrogens (tertiary/aromatic N) is 1. The van der Waals surface area contributed by atoms with Crippen LogP contribution in [0.5, 0.6) is 0 Å². The van der Waals surface area contributed by atoms with Crippen molar-refractivity contribution < 1.29 is 13.2 Å². The van der Waals surface area contributed by atoms with Gasteiger partial charge in [0.05, 0.1) is 5.75 Å². The molecule has 1 spiro atoms. The van der Waals surface area contributed by atoms with E-state index >= 15 is 0 Å². The molecule has 3 aliphatic rings. The van der Waals surface area contributed by atoms with Gasteiger partial charge in [0.1, 0.15) is 0 Å². The largest absolute Gasteiger partial charge is 0.353 e. The number of carbonyl (C=O) groups excluding carboxylic acids is 1. The Balaban J connectivity index is 1.50. The Morgan fingerprint density at radius 1 is 1.22 bits per heavy atom. The average Bonchev–Trinajstić information content (AvgIpc) is 3.40. The standard InChI is InChI=1S/C21H30N2O3S/c1-2-13-27(25,26)23-11-9-21(10-12-23)15-16(14-20(24)22-17-7-8-17)18-5-3-4-6-19(18)21/h3-6,16-17H,2,7-15H2,1H3,(H,22,24). The first-order valence-corrected chi connectivity index (χ1v) is 11.9. The molecule has 2 aliphatic carbocycles. The van der Waals surface area contributed by atoms with Crippen molar-refractivity contribution in [1.29, 1.82) is 0 Å². The zero-order valence-electron chi connectivity index (χ0n) is 16.1. The van der Waals surface area contributed by atoms with Gasteiger partial charge < -0.3 is 5.32 Å². The van der Waals surface area contributed by atoms with E-state index in [9.17, 15) is 13.2 Å². The van der Waals surface area contributed by atoms with E-state index in [0.717, 1.165) is 32.1 Å². The molecule has 1 aromatic rings. The fraction of sp³-hybridized carbons (Fsp3) is 0.667. The summed E-state index contributed by atoms with van der Waals surface area (Å²) in [6.07, 6.45) is 6.10. The van der Waals surface area contributed by atoms with Gasteiger partial charge in [0, 0.05) is 25.6 Å². The predicted molar refractivity (Wildman–Crippen MR) is 106 cm³/mol. The molecule has 2 fully saturated rings. The van der Waals surface area contributed by atoms with E-state index in [4.69, 9.17) is 0 Å². The first kappa shape index (κ1) is 18.9. The van der Waals surface area contributed by atoms with Gasteiger partial charge in [0.2, 0.25) is 15.9 Å². The molecular formula is C21H30N2O3S. The number of amides is 1. The number of nitrogens with one attached hydrogen (secondary N) is 1. The van der Waals surface area contributed by atoms with Crippen LogP contribution >= 0.6 is 0 Å². The van der Waals surface area contributed by atoms with Gasteiger partial charge in [-0.1, -0.05) is 31.2 Å². The van der Waals surface area contributed by atoms with E-state index in [2.05, 4.69) is 29.6 Å². The van der Waals surface area contributed by atoms with Crippen molar-refractivity contribution in [2.24, 2.45) is 0 Å². The Morgan fingerprint density at radius 2 is 1.93 bits per heavy atom. The van der Waals surface area contributed by atoms with Crippen LogP contribution in [-0.2, 0) is 20.2 Å². The molecule has 6 heteroatoms. The molecular weight excluding hydrogens is 360 g/mol. The Labute approximate surface area is 162 Å². The van der Waals surface area contributed by atoms with Crippen LogP contribution in [0.1, 0.15) is 68.9 Å². The second kappa shape index (κ2) is 7.21. The molecule has 0 bridgehead atoms. The summed E-state index contributed by atoms with van der Waals surface area (Å²) >= 11 is 0. The minimum atomic E-state index is -3.13. The fourth-order valence-electron chi connectivity index (χ4n) is 5.00. The van der Waals surface area contributed by atoms with Crippen molar-refractivity contribution in [3.8, 4) is 0 Å². The highest BCUT2D eigenvalue weighted by molar-refractivity contribution is 7.89. The van der Waals surface area contributed by atoms with E-state index in [0.29, 0.717) is 32.0 Å². The average molecular weight is 391 g/mol. The second-order valence-electron chi connectivity index (χ2n) is 8.53. The summed E-state index contributed by atoms with van der Waals surface area (Å²) in [5, 5.41) is 3.12. The molecule has 1 atom stereocenters. The minimum absolute atomic E-state index is 0.0271. The zero-order chi connectivity index (χ0) is 19.1. The number of sulfonamides is 1. The van der Waals surface area contributed by atoms with Crippen molar-refractivity contribution in [1.82, 2.24) is 9.62 Å². The molecule has 1 aromatic carbocycles. The Morgan fingerprint density at radius 3 is 2.59 bits per heavy atom. The van der Waals surface area contributed by atoms with Gasteiger partial charge >= 0.3 is 0 Å². The monoisotopic (exact) mass is 390 g/mol. The summed E-state index contributed by atoms with van der Waals surface area (Å²) in [6, 6.07) is 8.90. The molecule has 1 saturated carbocycles. The number of benzene rings is 1. The summed E-state index contributed by atoms with van der Waals surface area (Å²) in [7, 11) is -3.13. The van der Waals surface area contributed by atoms with Gasteiger partial charge in [-0.05, 0) is 61.0 Å². The SMILES string of the molecule is CCCS(=O)(=O)N1CCC2(CC1)CC(CC(=O)NC1CC1)c1ccccc12. The number of carbonyl (C=O) groups is 1. The highest BCUT2D eigenvalue weighted by Gasteiger charge is 2.47. The highest BCUT2D eigenvalue weighted by atomic mass is 32.2. The number of hydrogen-bond donors (Lipinski definition) is 1. The van der Waals surface area contributed by atoms with Crippen LogP contribution in [0.15, 0.2) is 24.3 Å². The van der Waals surface area contributed by atoms with E-state index in [1.54, 1.807) is 4.31 Å². The first-order valence-electron chi connectivity index (χ1n) is 10.3. The molecule has 1 unspecified atom stereocenters. The first-order chi connectivity index (χ1) is 12.9. The Kier molecular flexibility index (Phi) is 5.06. The summed E-state index contributed by atoms with van der Waals surface area (Å²) in [5.41, 5.74) is 2.68. The molecule has 4 rings (SSSR count). The summed E-state index contributed by atoms with van der Waals surface area (Å²) in [5.74, 6) is 0.650. The Hall–Kier alpha value is -1.40. The molecule has 27 heavy (non-hydrogen) atoms. The van der Waals surface area contributed by atoms with Crippen LogP contribution in [0.3, 0.4) is 0 Å². The van der Waals surface area contributed by atoms with E-state index in [1.807, 2.05) is 6.92 Å². The Bertz CT molecular complexity index is 808. The van der Waals surface area contributed by atoms with Crippen molar-refractivity contribution in [3.05, 3.63) is 35.4 Å². The number of rotatable bonds is 6. The third-order valence-electron chi connectivity index (χ3n) is 6.52. The van der Waals surface area contributed by atoms with E-state index < -0.39 is 10.0 Å². The van der Waals surface area contributed by atoms with Crippen LogP contribution in [0, 0.1) is 0 Å². The zero-order valence-corrected chi connectivity index (χ0v) is 16.9. The number of piperidine rings is 1. The van der Waals surface area contributed by atoms with E-state index in [1.165, 1.54) is 11.1 Å². The molecule has 148 valence electrons. The maximum atomic E-state index is 12.4. The van der Waals surface area contributed by atoms with Crippen LogP contribution in [0.2, 0.25) is 0 Å². The molecule has 0 radical (unpaired) electrons. The minimum Gasteiger partial charge on any atom is -0.353 e. The topological polar surface area (TPSA) is 66.5 Å². The normalized spacial score (nSPS) is 24.7. The van der Waals surface area contributed by atoms with Crippen LogP contribution in [0.4, 0.5) is 0 Å². The summed E-state index contributed by atoms with van der Waals surface area (Å²) in [6.45, 7) is 3.10. The maximum Gasteiger partial charge on any atom is 0.220 e. The van der Waals surface area contributed by atoms with Gasteiger partial charge in [-0.15, -0.1) is 0 Å². The van der Waals surface area contributed by atoms with Crippen molar-refractivity contribution in [2.45, 2.75) is 69.2 Å². The lowest BCUT2D eigenvalue weighted by molar-refractivity contribution is -0.121. The predicted octanol–water partition coefficient (Wildman–Crippen LogP) is 2.92. The quantitative estimate of drug-likeness (QED) is 0.812. The summed E-state index contributed by atoms with van der Waals surface area (Å²) in [4.78, 5) is 12.4. The van der Waals surface area contributed by atoms with Crippen molar-refractivity contribution in [2.75, 3.05) is 18.8 Å². The molecule has 1 amide bonds. The van der Waals surface area contributed by atoms with Crippen molar-refractivity contribution >= 4 is 15.9 Å². The molecule has 5 nitrogen and oxygen atoms in total. The molecule has 0 aromatic heterocycles. The highest BCUT2D eigenvalue weighted by Crippen LogP contribution is 2.52. The van der Waals surface area contributed by atoms with Crippen molar-refractivity contribution in [3.63, 3.8) is 0 Å². The lowest BCUT2D eigenvalue weighted by atomic mass is 9.73. The van der Waals surface area contributed by atoms with Gasteiger partial charge in [0.25, 0.3) is 0 Å². The third kappa shape index (κ3) is 3.79. The molecule has 1 heterocycles. The summed E-state index contributed by atoms with van der Waals surface area (Å²) < 4.78 is 26.5. The van der Waals surface area contributed by atoms with Crippen LogP contribution in [-0.4, -0.2) is 43.5 Å². The third-order valence-corrected chi connectivity index (χ3v) is 8.59. The number of hydrogen-bond acceptors (Lipinski definition) is 3. The van der Waals surface area contributed by atoms with Gasteiger partial charge in [-0.2, -0.15) is 0 Å². The van der Waals surface area contributed by atoms with Crippen LogP contribution in [0.25, 0.3) is 0 Å². The lowest BCUT2D eigenvalue weighted by Gasteiger charge is -2.39. The number of fused-ring (bicyclic) bond motifs is 2. The molecule has 1 saturated heterocycles. The maximum absolute atomic E-state index is 12.4. The van der Waals surface area contributed by atoms with E-state index in [-0.39, 0.29) is 23.0 Å². The second-order valence-corrected chi connectivity index (χ2v) is 10.6.